The van der Waals surface area contributed by atoms with E-state index in [1.165, 1.54) is 11.6 Å². The van der Waals surface area contributed by atoms with Crippen molar-refractivity contribution in [2.75, 3.05) is 0 Å². The van der Waals surface area contributed by atoms with Crippen LogP contribution in [0.25, 0.3) is 27.8 Å². The van der Waals surface area contributed by atoms with Crippen molar-refractivity contribution in [1.82, 2.24) is 13.7 Å². The lowest BCUT2D eigenvalue weighted by Gasteiger charge is -2.12. The molecule has 2 heterocycles. The Labute approximate surface area is 195 Å². The molecule has 4 rings (SSSR count). The summed E-state index contributed by atoms with van der Waals surface area (Å²) in [4.78, 5) is 25.6. The van der Waals surface area contributed by atoms with Crippen LogP contribution < -0.4 is 11.2 Å². The molecule has 0 N–H and O–H groups in total. The van der Waals surface area contributed by atoms with Crippen molar-refractivity contribution < 1.29 is 0 Å². The van der Waals surface area contributed by atoms with Crippen molar-refractivity contribution in [2.24, 2.45) is 14.1 Å². The molecule has 0 radical (unpaired) electrons. The predicted octanol–water partition coefficient (Wildman–Crippen LogP) is 5.64. The molecular weight excluding hydrogens is 589 g/mol. The van der Waals surface area contributed by atoms with Crippen LogP contribution in [-0.4, -0.2) is 13.7 Å². The van der Waals surface area contributed by atoms with Crippen molar-refractivity contribution in [2.45, 2.75) is 0 Å². The topological polar surface area (TPSA) is 48.9 Å². The van der Waals surface area contributed by atoms with Gasteiger partial charge in [-0.25, -0.2) is 4.79 Å². The van der Waals surface area contributed by atoms with E-state index in [2.05, 4.69) is 47.8 Å². The summed E-state index contributed by atoms with van der Waals surface area (Å²) in [5.74, 6) is 0. The van der Waals surface area contributed by atoms with E-state index in [1.54, 1.807) is 19.2 Å². The van der Waals surface area contributed by atoms with Crippen molar-refractivity contribution >= 4 is 70.3 Å². The molecule has 0 aliphatic rings. The fourth-order valence-corrected chi connectivity index (χ4v) is 4.83. The van der Waals surface area contributed by atoms with E-state index in [-0.39, 0.29) is 11.2 Å². The van der Waals surface area contributed by atoms with E-state index in [0.29, 0.717) is 21.6 Å². The Kier molecular flexibility index (Phi) is 5.40. The molecular formula is C20H13Br3ClN3O2. The Morgan fingerprint density at radius 2 is 1.48 bits per heavy atom. The van der Waals surface area contributed by atoms with Crippen LogP contribution in [0.2, 0.25) is 5.02 Å². The van der Waals surface area contributed by atoms with E-state index < -0.39 is 0 Å². The van der Waals surface area contributed by atoms with Gasteiger partial charge in [0.05, 0.1) is 16.6 Å². The van der Waals surface area contributed by atoms with Gasteiger partial charge in [0.1, 0.15) is 0 Å². The summed E-state index contributed by atoms with van der Waals surface area (Å²) < 4.78 is 7.10. The first-order chi connectivity index (χ1) is 13.7. The van der Waals surface area contributed by atoms with E-state index in [1.807, 2.05) is 35.0 Å². The van der Waals surface area contributed by atoms with Gasteiger partial charge in [-0.15, -0.1) is 0 Å². The van der Waals surface area contributed by atoms with Crippen molar-refractivity contribution in [1.29, 1.82) is 0 Å². The zero-order chi connectivity index (χ0) is 21.0. The molecule has 0 aliphatic heterocycles. The lowest BCUT2D eigenvalue weighted by Crippen LogP contribution is -2.36. The molecule has 0 saturated heterocycles. The first-order valence-corrected chi connectivity index (χ1v) is 11.2. The molecule has 0 fully saturated rings. The van der Waals surface area contributed by atoms with Gasteiger partial charge in [0.2, 0.25) is 0 Å². The number of hydrogen-bond acceptors (Lipinski definition) is 2. The number of halogens is 4. The maximum atomic E-state index is 13.1. The monoisotopic (exact) mass is 599 g/mol. The van der Waals surface area contributed by atoms with E-state index >= 15 is 0 Å². The molecule has 0 bridgehead atoms. The van der Waals surface area contributed by atoms with Crippen LogP contribution in [-0.2, 0) is 14.1 Å². The highest BCUT2D eigenvalue weighted by Gasteiger charge is 2.21. The quantitative estimate of drug-likeness (QED) is 0.279. The van der Waals surface area contributed by atoms with Crippen LogP contribution in [0.1, 0.15) is 0 Å². The Morgan fingerprint density at radius 3 is 2.07 bits per heavy atom. The Bertz CT molecular complexity index is 1380. The summed E-state index contributed by atoms with van der Waals surface area (Å²) in [6.45, 7) is 0. The molecule has 2 aromatic carbocycles. The third-order valence-corrected chi connectivity index (χ3v) is 8.22. The molecule has 0 unspecified atom stereocenters. The number of aryl methyl sites for hydroxylation is 1. The van der Waals surface area contributed by atoms with Gasteiger partial charge >= 0.3 is 5.69 Å². The van der Waals surface area contributed by atoms with Gasteiger partial charge in [-0.2, -0.15) is 0 Å². The Balaban J connectivity index is 2.20. The SMILES string of the molecule is Cn1c(=O)c2c(-c3ccc(Cl)cc3)n(-c3cc(Br)c(Br)c(Br)c3)cc2n(C)c1=O. The summed E-state index contributed by atoms with van der Waals surface area (Å²) in [5.41, 5.74) is 2.16. The molecule has 0 atom stereocenters. The highest BCUT2D eigenvalue weighted by Crippen LogP contribution is 2.37. The zero-order valence-corrected chi connectivity index (χ0v) is 20.7. The largest absolute Gasteiger partial charge is 0.330 e. The van der Waals surface area contributed by atoms with Crippen LogP contribution >= 0.6 is 59.4 Å². The van der Waals surface area contributed by atoms with E-state index in [9.17, 15) is 9.59 Å². The van der Waals surface area contributed by atoms with Gasteiger partial charge in [-0.3, -0.25) is 13.9 Å². The Morgan fingerprint density at radius 1 is 0.897 bits per heavy atom. The second kappa shape index (κ2) is 7.58. The van der Waals surface area contributed by atoms with Gasteiger partial charge in [0.15, 0.2) is 0 Å². The second-order valence-corrected chi connectivity index (χ2v) is 9.48. The standard InChI is InChI=1S/C20H13Br3ClN3O2/c1-25-15-9-27(12-7-13(21)17(23)14(22)8-12)18(10-3-5-11(24)6-4-10)16(15)19(28)26(2)20(25)29/h3-9H,1-2H3. The van der Waals surface area contributed by atoms with Gasteiger partial charge in [0, 0.05) is 44.4 Å². The van der Waals surface area contributed by atoms with E-state index in [0.717, 1.165) is 29.2 Å². The fourth-order valence-electron chi connectivity index (χ4n) is 3.32. The summed E-state index contributed by atoms with van der Waals surface area (Å²) in [7, 11) is 3.15. The van der Waals surface area contributed by atoms with Crippen LogP contribution in [0.15, 0.2) is 65.6 Å². The average Bonchev–Trinajstić information content (AvgIpc) is 3.10. The summed E-state index contributed by atoms with van der Waals surface area (Å²) in [6, 6.07) is 11.2. The summed E-state index contributed by atoms with van der Waals surface area (Å²) in [5, 5.41) is 1.07. The molecule has 9 heteroatoms. The van der Waals surface area contributed by atoms with Crippen molar-refractivity contribution in [3.05, 3.63) is 81.9 Å². The summed E-state index contributed by atoms with van der Waals surface area (Å²) >= 11 is 16.7. The fraction of sp³-hybridized carbons (Fsp3) is 0.100. The molecule has 148 valence electrons. The van der Waals surface area contributed by atoms with Crippen molar-refractivity contribution in [3.63, 3.8) is 0 Å². The second-order valence-electron chi connectivity index (χ2n) is 6.54. The van der Waals surface area contributed by atoms with Crippen molar-refractivity contribution in [3.8, 4) is 16.9 Å². The molecule has 0 amide bonds. The minimum Gasteiger partial charge on any atom is -0.313 e. The highest BCUT2D eigenvalue weighted by molar-refractivity contribution is 9.14. The summed E-state index contributed by atoms with van der Waals surface area (Å²) in [6.07, 6.45) is 1.81. The number of nitrogens with zero attached hydrogens (tertiary/aromatic N) is 3. The van der Waals surface area contributed by atoms with Crippen LogP contribution in [0.5, 0.6) is 0 Å². The van der Waals surface area contributed by atoms with Gasteiger partial charge in [0.25, 0.3) is 5.56 Å². The molecule has 29 heavy (non-hydrogen) atoms. The zero-order valence-electron chi connectivity index (χ0n) is 15.2. The number of aromatic nitrogens is 3. The maximum Gasteiger partial charge on any atom is 0.330 e. The molecule has 5 nitrogen and oxygen atoms in total. The van der Waals surface area contributed by atoms with Gasteiger partial charge in [-0.05, 0) is 77.6 Å². The highest BCUT2D eigenvalue weighted by atomic mass is 79.9. The minimum absolute atomic E-state index is 0.345. The van der Waals surface area contributed by atoms with Gasteiger partial charge < -0.3 is 4.57 Å². The third-order valence-electron chi connectivity index (χ3n) is 4.80. The molecule has 0 spiro atoms. The number of hydrogen-bond donors (Lipinski definition) is 0. The predicted molar refractivity (Wildman–Crippen MR) is 127 cm³/mol. The number of rotatable bonds is 2. The van der Waals surface area contributed by atoms with Gasteiger partial charge in [-0.1, -0.05) is 23.7 Å². The van der Waals surface area contributed by atoms with E-state index in [4.69, 9.17) is 11.6 Å². The first kappa shape index (κ1) is 20.7. The average molecular weight is 603 g/mol. The molecule has 4 aromatic rings. The minimum atomic E-state index is -0.375. The molecule has 2 aromatic heterocycles. The van der Waals surface area contributed by atoms with Crippen LogP contribution in [0, 0.1) is 0 Å². The Hall–Kier alpha value is -1.61. The van der Waals surface area contributed by atoms with Crippen LogP contribution in [0.3, 0.4) is 0 Å². The lowest BCUT2D eigenvalue weighted by atomic mass is 10.1. The maximum absolute atomic E-state index is 13.1. The molecule has 0 saturated carbocycles. The smallest absolute Gasteiger partial charge is 0.313 e. The van der Waals surface area contributed by atoms with Crippen LogP contribution in [0.4, 0.5) is 0 Å². The molecule has 0 aliphatic carbocycles. The normalized spacial score (nSPS) is 11.4. The first-order valence-electron chi connectivity index (χ1n) is 8.42. The third kappa shape index (κ3) is 3.36. The number of benzene rings is 2. The number of fused-ring (bicyclic) bond motifs is 1. The lowest BCUT2D eigenvalue weighted by molar-refractivity contribution is 0.714.